The lowest BCUT2D eigenvalue weighted by molar-refractivity contribution is 0.0270. The molecule has 4 heterocycles. The largest absolute Gasteiger partial charge is 0.444 e. The number of pyridine rings is 1. The summed E-state index contributed by atoms with van der Waals surface area (Å²) in [6.45, 7) is 11.1. The number of fused-ring (bicyclic) bond motifs is 1. The van der Waals surface area contributed by atoms with Crippen LogP contribution in [0.25, 0.3) is 16.6 Å². The Labute approximate surface area is 212 Å². The summed E-state index contributed by atoms with van der Waals surface area (Å²) in [5.74, 6) is 0. The maximum absolute atomic E-state index is 12.4. The standard InChI is InChI=1S/C28H36N6O2/c1-28(2,3)36-27(35)34-12-9-20(10-13-34)25-19-23-24(8-11-29-26(23)31-25)30-21-6-5-7-22(18-21)33-16-14-32(4)15-17-33/h5-9,11,18-19H,10,12-17H2,1-4H3,(H2,29,30,31). The summed E-state index contributed by atoms with van der Waals surface area (Å²) in [5, 5.41) is 4.66. The van der Waals surface area contributed by atoms with Gasteiger partial charge in [0.2, 0.25) is 0 Å². The molecular formula is C28H36N6O2. The number of hydrogen-bond acceptors (Lipinski definition) is 6. The molecule has 0 radical (unpaired) electrons. The molecule has 1 fully saturated rings. The molecule has 5 rings (SSSR count). The predicted octanol–water partition coefficient (Wildman–Crippen LogP) is 5.08. The number of piperazine rings is 1. The van der Waals surface area contributed by atoms with Gasteiger partial charge < -0.3 is 29.7 Å². The fourth-order valence-electron chi connectivity index (χ4n) is 4.72. The molecule has 3 aromatic rings. The molecule has 0 bridgehead atoms. The van der Waals surface area contributed by atoms with Gasteiger partial charge in [-0.2, -0.15) is 0 Å². The van der Waals surface area contributed by atoms with E-state index in [1.54, 1.807) is 4.90 Å². The zero-order valence-electron chi connectivity index (χ0n) is 21.7. The van der Waals surface area contributed by atoms with Crippen LogP contribution in [0.5, 0.6) is 0 Å². The monoisotopic (exact) mass is 488 g/mol. The summed E-state index contributed by atoms with van der Waals surface area (Å²) >= 11 is 0. The lowest BCUT2D eigenvalue weighted by Crippen LogP contribution is -2.44. The van der Waals surface area contributed by atoms with E-state index in [1.807, 2.05) is 33.0 Å². The summed E-state index contributed by atoms with van der Waals surface area (Å²) < 4.78 is 5.52. The Balaban J connectivity index is 1.32. The van der Waals surface area contributed by atoms with Crippen LogP contribution >= 0.6 is 0 Å². The zero-order chi connectivity index (χ0) is 25.3. The molecule has 0 spiro atoms. The number of amides is 1. The van der Waals surface area contributed by atoms with E-state index in [2.05, 4.69) is 68.5 Å². The summed E-state index contributed by atoms with van der Waals surface area (Å²) in [6, 6.07) is 12.8. The Morgan fingerprint density at radius 3 is 2.61 bits per heavy atom. The van der Waals surface area contributed by atoms with Gasteiger partial charge >= 0.3 is 6.09 Å². The molecule has 2 aliphatic rings. The third-order valence-electron chi connectivity index (χ3n) is 6.73. The number of benzene rings is 1. The fraction of sp³-hybridized carbons (Fsp3) is 0.429. The first kappa shape index (κ1) is 24.2. The van der Waals surface area contributed by atoms with Crippen molar-refractivity contribution < 1.29 is 9.53 Å². The minimum absolute atomic E-state index is 0.263. The molecule has 0 saturated carbocycles. The molecule has 0 atom stereocenters. The molecular weight excluding hydrogens is 452 g/mol. The van der Waals surface area contributed by atoms with E-state index in [0.29, 0.717) is 13.1 Å². The van der Waals surface area contributed by atoms with E-state index in [-0.39, 0.29) is 6.09 Å². The zero-order valence-corrected chi connectivity index (χ0v) is 21.7. The second-order valence-electron chi connectivity index (χ2n) is 10.7. The van der Waals surface area contributed by atoms with Crippen LogP contribution in [0.3, 0.4) is 0 Å². The molecule has 0 aliphatic carbocycles. The summed E-state index contributed by atoms with van der Waals surface area (Å²) in [6.07, 6.45) is 4.43. The predicted molar refractivity (Wildman–Crippen MR) is 146 cm³/mol. The number of carbonyl (C=O) groups is 1. The number of nitrogens with zero attached hydrogens (tertiary/aromatic N) is 4. The van der Waals surface area contributed by atoms with E-state index in [0.717, 1.165) is 60.7 Å². The van der Waals surface area contributed by atoms with Crippen molar-refractivity contribution in [3.8, 4) is 0 Å². The van der Waals surface area contributed by atoms with Crippen LogP contribution in [0.15, 0.2) is 48.7 Å². The van der Waals surface area contributed by atoms with Gasteiger partial charge in [-0.25, -0.2) is 9.78 Å². The van der Waals surface area contributed by atoms with Gasteiger partial charge in [0.05, 0.1) is 5.69 Å². The second-order valence-corrected chi connectivity index (χ2v) is 10.7. The highest BCUT2D eigenvalue weighted by molar-refractivity contribution is 5.94. The minimum Gasteiger partial charge on any atom is -0.444 e. The van der Waals surface area contributed by atoms with Crippen molar-refractivity contribution >= 4 is 39.8 Å². The Hall–Kier alpha value is -3.52. The smallest absolute Gasteiger partial charge is 0.410 e. The number of nitrogens with one attached hydrogen (secondary N) is 2. The fourth-order valence-corrected chi connectivity index (χ4v) is 4.72. The average molecular weight is 489 g/mol. The van der Waals surface area contributed by atoms with Gasteiger partial charge in [-0.05, 0) is 70.1 Å². The van der Waals surface area contributed by atoms with Gasteiger partial charge in [0.25, 0.3) is 0 Å². The molecule has 1 amide bonds. The van der Waals surface area contributed by atoms with Crippen LogP contribution in [-0.2, 0) is 4.74 Å². The van der Waals surface area contributed by atoms with Gasteiger partial charge in [0.1, 0.15) is 11.2 Å². The van der Waals surface area contributed by atoms with Crippen LogP contribution in [0, 0.1) is 0 Å². The number of likely N-dealkylation sites (N-methyl/N-ethyl adjacent to an activating group) is 1. The van der Waals surface area contributed by atoms with Gasteiger partial charge in [-0.3, -0.25) is 0 Å². The Kier molecular flexibility index (Phi) is 6.62. The maximum atomic E-state index is 12.4. The first-order valence-corrected chi connectivity index (χ1v) is 12.7. The molecule has 2 aliphatic heterocycles. The lowest BCUT2D eigenvalue weighted by Gasteiger charge is -2.34. The van der Waals surface area contributed by atoms with Crippen molar-refractivity contribution in [3.05, 3.63) is 54.4 Å². The first-order chi connectivity index (χ1) is 17.2. The molecule has 2 aromatic heterocycles. The van der Waals surface area contributed by atoms with Crippen LogP contribution < -0.4 is 10.2 Å². The molecule has 1 saturated heterocycles. The summed E-state index contributed by atoms with van der Waals surface area (Å²) in [7, 11) is 2.18. The highest BCUT2D eigenvalue weighted by Crippen LogP contribution is 2.31. The maximum Gasteiger partial charge on any atom is 0.410 e. The number of H-pyrrole nitrogens is 1. The number of hydrogen-bond donors (Lipinski definition) is 2. The van der Waals surface area contributed by atoms with Gasteiger partial charge in [0.15, 0.2) is 0 Å². The Morgan fingerprint density at radius 1 is 1.08 bits per heavy atom. The number of aromatic nitrogens is 2. The Morgan fingerprint density at radius 2 is 1.89 bits per heavy atom. The van der Waals surface area contributed by atoms with E-state index >= 15 is 0 Å². The third-order valence-corrected chi connectivity index (χ3v) is 6.73. The number of ether oxygens (including phenoxy) is 1. The lowest BCUT2D eigenvalue weighted by atomic mass is 10.0. The van der Waals surface area contributed by atoms with E-state index in [9.17, 15) is 4.79 Å². The quantitative estimate of drug-likeness (QED) is 0.533. The van der Waals surface area contributed by atoms with Crippen molar-refractivity contribution in [2.75, 3.05) is 56.5 Å². The molecule has 2 N–H and O–H groups in total. The van der Waals surface area contributed by atoms with Gasteiger partial charge in [-0.1, -0.05) is 12.1 Å². The third kappa shape index (κ3) is 5.49. The summed E-state index contributed by atoms with van der Waals surface area (Å²) in [5.41, 5.74) is 5.92. The molecule has 0 unspecified atom stereocenters. The molecule has 8 heteroatoms. The van der Waals surface area contributed by atoms with E-state index < -0.39 is 5.60 Å². The van der Waals surface area contributed by atoms with Crippen molar-refractivity contribution in [2.45, 2.75) is 32.8 Å². The van der Waals surface area contributed by atoms with Crippen molar-refractivity contribution in [3.63, 3.8) is 0 Å². The van der Waals surface area contributed by atoms with Crippen LogP contribution in [0.4, 0.5) is 21.9 Å². The second kappa shape index (κ2) is 9.85. The van der Waals surface area contributed by atoms with Crippen molar-refractivity contribution in [1.82, 2.24) is 19.8 Å². The molecule has 36 heavy (non-hydrogen) atoms. The van der Waals surface area contributed by atoms with Gasteiger partial charge in [-0.15, -0.1) is 0 Å². The van der Waals surface area contributed by atoms with E-state index in [1.165, 1.54) is 11.3 Å². The number of aromatic amines is 1. The minimum atomic E-state index is -0.489. The van der Waals surface area contributed by atoms with Crippen LogP contribution in [0.2, 0.25) is 0 Å². The van der Waals surface area contributed by atoms with Gasteiger partial charge in [0, 0.05) is 67.9 Å². The molecule has 190 valence electrons. The highest BCUT2D eigenvalue weighted by atomic mass is 16.6. The SMILES string of the molecule is CN1CCN(c2cccc(Nc3ccnc4[nH]c(C5=CCN(C(=O)OC(C)(C)C)CC5)cc34)c2)CC1. The number of anilines is 3. The van der Waals surface area contributed by atoms with Crippen molar-refractivity contribution in [1.29, 1.82) is 0 Å². The number of rotatable bonds is 4. The van der Waals surface area contributed by atoms with Crippen LogP contribution in [-0.4, -0.2) is 77.8 Å². The summed E-state index contributed by atoms with van der Waals surface area (Å²) in [4.78, 5) is 27.0. The van der Waals surface area contributed by atoms with Crippen molar-refractivity contribution in [2.24, 2.45) is 0 Å². The first-order valence-electron chi connectivity index (χ1n) is 12.7. The average Bonchev–Trinajstić information content (AvgIpc) is 3.29. The topological polar surface area (TPSA) is 76.7 Å². The number of carbonyl (C=O) groups excluding carboxylic acids is 1. The highest BCUT2D eigenvalue weighted by Gasteiger charge is 2.24. The Bertz CT molecular complexity index is 1270. The normalized spacial score (nSPS) is 17.3. The molecule has 8 nitrogen and oxygen atoms in total. The van der Waals surface area contributed by atoms with Crippen LogP contribution in [0.1, 0.15) is 32.9 Å². The molecule has 1 aromatic carbocycles. The van der Waals surface area contributed by atoms with E-state index in [4.69, 9.17) is 4.74 Å².